The van der Waals surface area contributed by atoms with Gasteiger partial charge >= 0.3 is 0 Å². The van der Waals surface area contributed by atoms with Gasteiger partial charge in [-0.25, -0.2) is 4.39 Å². The van der Waals surface area contributed by atoms with E-state index in [2.05, 4.69) is 30.0 Å². The van der Waals surface area contributed by atoms with E-state index in [0.29, 0.717) is 5.56 Å². The van der Waals surface area contributed by atoms with E-state index in [1.54, 1.807) is 6.07 Å². The number of benzene rings is 2. The summed E-state index contributed by atoms with van der Waals surface area (Å²) >= 11 is 0. The second-order valence-corrected chi connectivity index (χ2v) is 5.28. The summed E-state index contributed by atoms with van der Waals surface area (Å²) in [4.78, 5) is 2.12. The third kappa shape index (κ3) is 2.18. The normalized spacial score (nSPS) is 14.2. The van der Waals surface area contributed by atoms with Crippen LogP contribution >= 0.6 is 0 Å². The molecule has 2 aromatic rings. The van der Waals surface area contributed by atoms with Gasteiger partial charge in [0.25, 0.3) is 0 Å². The van der Waals surface area contributed by atoms with Crippen molar-refractivity contribution >= 4 is 11.4 Å². The topological polar surface area (TPSA) is 23.5 Å². The number of halogens is 1. The first-order valence-corrected chi connectivity index (χ1v) is 6.96. The minimum Gasteiger partial charge on any atom is -0.391 e. The van der Waals surface area contributed by atoms with Crippen molar-refractivity contribution in [2.24, 2.45) is 0 Å². The largest absolute Gasteiger partial charge is 0.391 e. The van der Waals surface area contributed by atoms with Crippen molar-refractivity contribution in [3.8, 4) is 0 Å². The summed E-state index contributed by atoms with van der Waals surface area (Å²) in [5, 5.41) is 9.46. The van der Waals surface area contributed by atoms with Crippen LogP contribution in [0.2, 0.25) is 0 Å². The van der Waals surface area contributed by atoms with Crippen LogP contribution in [-0.4, -0.2) is 11.7 Å². The average Bonchev–Trinajstić information content (AvgIpc) is 2.46. The molecule has 104 valence electrons. The molecule has 0 aliphatic carbocycles. The van der Waals surface area contributed by atoms with Crippen LogP contribution in [0.1, 0.15) is 23.1 Å². The molecular weight excluding hydrogens is 253 g/mol. The highest BCUT2D eigenvalue weighted by Gasteiger charge is 2.21. The molecule has 0 aromatic heterocycles. The Hall–Kier alpha value is -1.87. The summed E-state index contributed by atoms with van der Waals surface area (Å²) in [6.45, 7) is 2.66. The van der Waals surface area contributed by atoms with Crippen LogP contribution in [0.3, 0.4) is 0 Å². The molecule has 3 heteroatoms. The van der Waals surface area contributed by atoms with Crippen LogP contribution in [-0.2, 0) is 13.0 Å². The van der Waals surface area contributed by atoms with Gasteiger partial charge in [0.15, 0.2) is 0 Å². The molecule has 0 radical (unpaired) electrons. The zero-order chi connectivity index (χ0) is 14.1. The van der Waals surface area contributed by atoms with Crippen LogP contribution in [0.5, 0.6) is 0 Å². The molecule has 1 heterocycles. The monoisotopic (exact) mass is 271 g/mol. The first-order chi connectivity index (χ1) is 9.70. The molecule has 0 unspecified atom stereocenters. The number of fused-ring (bicyclic) bond motifs is 1. The van der Waals surface area contributed by atoms with Gasteiger partial charge < -0.3 is 10.0 Å². The second-order valence-electron chi connectivity index (χ2n) is 5.28. The van der Waals surface area contributed by atoms with E-state index in [1.807, 2.05) is 6.07 Å². The summed E-state index contributed by atoms with van der Waals surface area (Å²) in [6, 6.07) is 11.3. The standard InChI is InChI=1S/C17H18FNO/c1-12-7-8-16-13(10-12)4-3-9-19(16)17-6-2-5-15(18)14(17)11-20/h2,5-8,10,20H,3-4,9,11H2,1H3. The molecule has 0 saturated heterocycles. The van der Waals surface area contributed by atoms with Gasteiger partial charge in [-0.15, -0.1) is 0 Å². The molecule has 2 nitrogen and oxygen atoms in total. The maximum Gasteiger partial charge on any atom is 0.130 e. The Morgan fingerprint density at radius 1 is 1.20 bits per heavy atom. The molecule has 20 heavy (non-hydrogen) atoms. The number of hydrogen-bond donors (Lipinski definition) is 1. The molecule has 2 aromatic carbocycles. The smallest absolute Gasteiger partial charge is 0.130 e. The minimum absolute atomic E-state index is 0.278. The van der Waals surface area contributed by atoms with Gasteiger partial charge in [0, 0.05) is 23.5 Å². The van der Waals surface area contributed by atoms with Crippen LogP contribution in [0.4, 0.5) is 15.8 Å². The highest BCUT2D eigenvalue weighted by molar-refractivity contribution is 5.70. The molecule has 3 rings (SSSR count). The van der Waals surface area contributed by atoms with E-state index in [9.17, 15) is 9.50 Å². The number of aryl methyl sites for hydroxylation is 2. The van der Waals surface area contributed by atoms with Gasteiger partial charge in [-0.2, -0.15) is 0 Å². The van der Waals surface area contributed by atoms with Gasteiger partial charge in [0.2, 0.25) is 0 Å². The molecule has 0 saturated carbocycles. The lowest BCUT2D eigenvalue weighted by molar-refractivity contribution is 0.276. The number of rotatable bonds is 2. The van der Waals surface area contributed by atoms with E-state index < -0.39 is 0 Å². The zero-order valence-electron chi connectivity index (χ0n) is 11.6. The van der Waals surface area contributed by atoms with Crippen molar-refractivity contribution in [3.63, 3.8) is 0 Å². The zero-order valence-corrected chi connectivity index (χ0v) is 11.6. The Morgan fingerprint density at radius 2 is 2.05 bits per heavy atom. The number of aliphatic hydroxyl groups excluding tert-OH is 1. The summed E-state index contributed by atoms with van der Waals surface area (Å²) in [5.41, 5.74) is 4.82. The molecule has 0 fully saturated rings. The van der Waals surface area contributed by atoms with Crippen molar-refractivity contribution in [1.29, 1.82) is 0 Å². The van der Waals surface area contributed by atoms with Crippen LogP contribution in [0.25, 0.3) is 0 Å². The van der Waals surface area contributed by atoms with Crippen molar-refractivity contribution in [3.05, 3.63) is 58.9 Å². The molecule has 1 aliphatic heterocycles. The maximum absolute atomic E-state index is 13.9. The highest BCUT2D eigenvalue weighted by Crippen LogP contribution is 2.36. The maximum atomic E-state index is 13.9. The van der Waals surface area contributed by atoms with Crippen LogP contribution in [0.15, 0.2) is 36.4 Å². The van der Waals surface area contributed by atoms with E-state index in [0.717, 1.165) is 30.8 Å². The Kier molecular flexibility index (Phi) is 3.45. The fourth-order valence-electron chi connectivity index (χ4n) is 2.93. The first kappa shape index (κ1) is 13.1. The quantitative estimate of drug-likeness (QED) is 0.900. The molecule has 0 spiro atoms. The Bertz CT molecular complexity index is 639. The third-order valence-corrected chi connectivity index (χ3v) is 3.90. The van der Waals surface area contributed by atoms with Crippen molar-refractivity contribution < 1.29 is 9.50 Å². The minimum atomic E-state index is -0.343. The van der Waals surface area contributed by atoms with E-state index >= 15 is 0 Å². The molecule has 0 bridgehead atoms. The molecule has 0 atom stereocenters. The summed E-state index contributed by atoms with van der Waals surface area (Å²) in [5.74, 6) is -0.343. The highest BCUT2D eigenvalue weighted by atomic mass is 19.1. The van der Waals surface area contributed by atoms with Crippen molar-refractivity contribution in [2.75, 3.05) is 11.4 Å². The van der Waals surface area contributed by atoms with Gasteiger partial charge in [-0.3, -0.25) is 0 Å². The van der Waals surface area contributed by atoms with Gasteiger partial charge in [0.1, 0.15) is 5.82 Å². The molecule has 1 N–H and O–H groups in total. The van der Waals surface area contributed by atoms with Gasteiger partial charge in [0.05, 0.1) is 6.61 Å². The predicted octanol–water partition coefficient (Wildman–Crippen LogP) is 3.71. The van der Waals surface area contributed by atoms with Crippen molar-refractivity contribution in [2.45, 2.75) is 26.4 Å². The van der Waals surface area contributed by atoms with E-state index in [-0.39, 0.29) is 12.4 Å². The SMILES string of the molecule is Cc1ccc2c(c1)CCCN2c1cccc(F)c1CO. The summed E-state index contributed by atoms with van der Waals surface area (Å²) < 4.78 is 13.9. The van der Waals surface area contributed by atoms with Crippen LogP contribution < -0.4 is 4.90 Å². The second kappa shape index (κ2) is 5.25. The number of nitrogens with zero attached hydrogens (tertiary/aromatic N) is 1. The van der Waals surface area contributed by atoms with Crippen LogP contribution in [0, 0.1) is 12.7 Å². The first-order valence-electron chi connectivity index (χ1n) is 6.96. The Labute approximate surface area is 118 Å². The van der Waals surface area contributed by atoms with E-state index in [1.165, 1.54) is 17.2 Å². The number of aliphatic hydroxyl groups is 1. The van der Waals surface area contributed by atoms with Gasteiger partial charge in [-0.1, -0.05) is 23.8 Å². The molecule has 0 amide bonds. The summed E-state index contributed by atoms with van der Waals surface area (Å²) in [6.07, 6.45) is 2.09. The Morgan fingerprint density at radius 3 is 2.85 bits per heavy atom. The van der Waals surface area contributed by atoms with Gasteiger partial charge in [-0.05, 0) is 43.5 Å². The van der Waals surface area contributed by atoms with Crippen molar-refractivity contribution in [1.82, 2.24) is 0 Å². The fraction of sp³-hybridized carbons (Fsp3) is 0.294. The third-order valence-electron chi connectivity index (χ3n) is 3.90. The average molecular weight is 271 g/mol. The van der Waals surface area contributed by atoms with E-state index in [4.69, 9.17) is 0 Å². The lowest BCUT2D eigenvalue weighted by Gasteiger charge is -2.33. The predicted molar refractivity (Wildman–Crippen MR) is 78.8 cm³/mol. The summed E-state index contributed by atoms with van der Waals surface area (Å²) in [7, 11) is 0. The lowest BCUT2D eigenvalue weighted by Crippen LogP contribution is -2.25. The fourth-order valence-corrected chi connectivity index (χ4v) is 2.93. The molecular formula is C17H18FNO. The Balaban J connectivity index is 2.11. The number of hydrogen-bond acceptors (Lipinski definition) is 2. The molecule has 1 aliphatic rings. The number of anilines is 2. The lowest BCUT2D eigenvalue weighted by atomic mass is 9.98.